The van der Waals surface area contributed by atoms with Crippen LogP contribution < -0.4 is 10.6 Å². The zero-order valence-corrected chi connectivity index (χ0v) is 15.0. The van der Waals surface area contributed by atoms with Gasteiger partial charge in [-0.1, -0.05) is 19.9 Å². The minimum absolute atomic E-state index is 0.00426. The van der Waals surface area contributed by atoms with Crippen LogP contribution in [0.4, 0.5) is 8.78 Å². The van der Waals surface area contributed by atoms with Gasteiger partial charge in [0.15, 0.2) is 17.6 Å². The first-order valence-electron chi connectivity index (χ1n) is 8.64. The molecule has 138 valence electrons. The van der Waals surface area contributed by atoms with Crippen LogP contribution in [0.1, 0.15) is 38.2 Å². The number of halogens is 2. The maximum Gasteiger partial charge on any atom is 0.222 e. The van der Waals surface area contributed by atoms with Gasteiger partial charge in [-0.05, 0) is 30.0 Å². The number of likely N-dealkylation sites (tertiary alicyclic amines) is 1. The van der Waals surface area contributed by atoms with Crippen LogP contribution >= 0.6 is 0 Å². The molecule has 1 amide bonds. The van der Waals surface area contributed by atoms with Crippen LogP contribution in [0, 0.1) is 11.6 Å². The van der Waals surface area contributed by atoms with Gasteiger partial charge in [-0.3, -0.25) is 9.79 Å². The largest absolute Gasteiger partial charge is 0.356 e. The first kappa shape index (κ1) is 19.1. The average molecular weight is 352 g/mol. The molecule has 0 spiro atoms. The summed E-state index contributed by atoms with van der Waals surface area (Å²) in [5.74, 6) is -0.868. The molecule has 0 aromatic heterocycles. The summed E-state index contributed by atoms with van der Waals surface area (Å²) in [7, 11) is 1.68. The van der Waals surface area contributed by atoms with Gasteiger partial charge in [-0.2, -0.15) is 0 Å². The number of aliphatic imine (C=N–C) groups is 1. The summed E-state index contributed by atoms with van der Waals surface area (Å²) in [5.41, 5.74) is 0.724. The van der Waals surface area contributed by atoms with Gasteiger partial charge in [0.2, 0.25) is 5.91 Å². The molecule has 0 radical (unpaired) electrons. The number of hydrogen-bond donors (Lipinski definition) is 2. The highest BCUT2D eigenvalue weighted by Crippen LogP contribution is 2.17. The summed E-state index contributed by atoms with van der Waals surface area (Å²) < 4.78 is 26.4. The highest BCUT2D eigenvalue weighted by molar-refractivity contribution is 5.80. The van der Waals surface area contributed by atoms with Crippen LogP contribution in [0.2, 0.25) is 0 Å². The predicted molar refractivity (Wildman–Crippen MR) is 94.5 cm³/mol. The van der Waals surface area contributed by atoms with Crippen LogP contribution in [-0.2, 0) is 4.79 Å². The van der Waals surface area contributed by atoms with Crippen molar-refractivity contribution in [2.75, 3.05) is 26.7 Å². The maximum absolute atomic E-state index is 13.3. The zero-order valence-electron chi connectivity index (χ0n) is 15.0. The first-order chi connectivity index (χ1) is 11.9. The summed E-state index contributed by atoms with van der Waals surface area (Å²) in [5, 5.41) is 6.52. The third-order valence-corrected chi connectivity index (χ3v) is 4.50. The van der Waals surface area contributed by atoms with E-state index >= 15 is 0 Å². The van der Waals surface area contributed by atoms with E-state index in [1.807, 2.05) is 18.7 Å². The highest BCUT2D eigenvalue weighted by atomic mass is 19.2. The van der Waals surface area contributed by atoms with Gasteiger partial charge < -0.3 is 15.5 Å². The van der Waals surface area contributed by atoms with E-state index in [1.165, 1.54) is 6.07 Å². The van der Waals surface area contributed by atoms with Crippen LogP contribution in [0.25, 0.3) is 0 Å². The standard InChI is InChI=1S/C18H26F2N4O/c1-4-17(25)24-8-7-14(11-24)23-18(21-3)22-10-12(2)13-5-6-15(19)16(20)9-13/h5-6,9,12,14H,4,7-8,10-11H2,1-3H3,(H2,21,22,23). The van der Waals surface area contributed by atoms with E-state index in [1.54, 1.807) is 13.1 Å². The van der Waals surface area contributed by atoms with E-state index < -0.39 is 11.6 Å². The first-order valence-corrected chi connectivity index (χ1v) is 8.64. The van der Waals surface area contributed by atoms with Crippen LogP contribution in [0.5, 0.6) is 0 Å². The second kappa shape index (κ2) is 8.78. The number of benzene rings is 1. The van der Waals surface area contributed by atoms with Crippen LogP contribution in [0.15, 0.2) is 23.2 Å². The molecule has 25 heavy (non-hydrogen) atoms. The smallest absolute Gasteiger partial charge is 0.222 e. The lowest BCUT2D eigenvalue weighted by Crippen LogP contribution is -2.45. The molecule has 1 fully saturated rings. The Hall–Kier alpha value is -2.18. The molecule has 1 aromatic rings. The Labute approximate surface area is 147 Å². The normalized spacial score (nSPS) is 19.0. The number of hydrogen-bond acceptors (Lipinski definition) is 2. The molecule has 2 N–H and O–H groups in total. The molecular weight excluding hydrogens is 326 g/mol. The molecule has 1 saturated heterocycles. The van der Waals surface area contributed by atoms with Gasteiger partial charge in [0, 0.05) is 39.1 Å². The van der Waals surface area contributed by atoms with Crippen LogP contribution in [-0.4, -0.2) is 49.5 Å². The predicted octanol–water partition coefficient (Wildman–Crippen LogP) is 2.24. The third-order valence-electron chi connectivity index (χ3n) is 4.50. The molecule has 1 aliphatic heterocycles. The quantitative estimate of drug-likeness (QED) is 0.631. The molecule has 5 nitrogen and oxygen atoms in total. The van der Waals surface area contributed by atoms with Gasteiger partial charge >= 0.3 is 0 Å². The molecule has 7 heteroatoms. The van der Waals surface area contributed by atoms with E-state index in [2.05, 4.69) is 15.6 Å². The van der Waals surface area contributed by atoms with E-state index in [-0.39, 0.29) is 17.9 Å². The lowest BCUT2D eigenvalue weighted by molar-refractivity contribution is -0.129. The van der Waals surface area contributed by atoms with Crippen molar-refractivity contribution in [3.8, 4) is 0 Å². The minimum Gasteiger partial charge on any atom is -0.356 e. The van der Waals surface area contributed by atoms with Gasteiger partial charge in [0.1, 0.15) is 0 Å². The van der Waals surface area contributed by atoms with Crippen molar-refractivity contribution in [2.24, 2.45) is 4.99 Å². The summed E-state index contributed by atoms with van der Waals surface area (Å²) in [6.07, 6.45) is 1.40. The van der Waals surface area contributed by atoms with Crippen molar-refractivity contribution in [3.05, 3.63) is 35.4 Å². The van der Waals surface area contributed by atoms with Crippen molar-refractivity contribution < 1.29 is 13.6 Å². The van der Waals surface area contributed by atoms with Crippen LogP contribution in [0.3, 0.4) is 0 Å². The Kier molecular flexibility index (Phi) is 6.73. The number of amides is 1. The van der Waals surface area contributed by atoms with Crippen molar-refractivity contribution in [3.63, 3.8) is 0 Å². The molecular formula is C18H26F2N4O. The Morgan fingerprint density at radius 3 is 2.80 bits per heavy atom. The summed E-state index contributed by atoms with van der Waals surface area (Å²) in [4.78, 5) is 17.8. The van der Waals surface area contributed by atoms with Crippen molar-refractivity contribution in [1.82, 2.24) is 15.5 Å². The Bertz CT molecular complexity index is 636. The molecule has 0 bridgehead atoms. The monoisotopic (exact) mass is 352 g/mol. The van der Waals surface area contributed by atoms with E-state index in [0.717, 1.165) is 24.6 Å². The van der Waals surface area contributed by atoms with Gasteiger partial charge in [0.05, 0.1) is 0 Å². The number of carbonyl (C=O) groups excluding carboxylic acids is 1. The highest BCUT2D eigenvalue weighted by Gasteiger charge is 2.25. The van der Waals surface area contributed by atoms with Gasteiger partial charge in [-0.15, -0.1) is 0 Å². The summed E-state index contributed by atoms with van der Waals surface area (Å²) in [6.45, 7) is 5.77. The molecule has 2 atom stereocenters. The van der Waals surface area contributed by atoms with E-state index in [4.69, 9.17) is 0 Å². The fourth-order valence-electron chi connectivity index (χ4n) is 2.90. The molecule has 1 aliphatic rings. The fourth-order valence-corrected chi connectivity index (χ4v) is 2.90. The number of nitrogens with zero attached hydrogens (tertiary/aromatic N) is 2. The zero-order chi connectivity index (χ0) is 18.4. The molecule has 2 unspecified atom stereocenters. The van der Waals surface area contributed by atoms with Crippen molar-refractivity contribution in [1.29, 1.82) is 0 Å². The van der Waals surface area contributed by atoms with Gasteiger partial charge in [0.25, 0.3) is 0 Å². The van der Waals surface area contributed by atoms with Crippen molar-refractivity contribution in [2.45, 2.75) is 38.6 Å². The second-order valence-electron chi connectivity index (χ2n) is 6.35. The molecule has 1 aromatic carbocycles. The number of nitrogens with one attached hydrogen (secondary N) is 2. The lowest BCUT2D eigenvalue weighted by atomic mass is 10.0. The number of rotatable bonds is 5. The summed E-state index contributed by atoms with van der Waals surface area (Å²) >= 11 is 0. The summed E-state index contributed by atoms with van der Waals surface area (Å²) in [6, 6.07) is 4.13. The molecule has 0 saturated carbocycles. The second-order valence-corrected chi connectivity index (χ2v) is 6.35. The molecule has 0 aliphatic carbocycles. The SMILES string of the molecule is CCC(=O)N1CCC(NC(=NC)NCC(C)c2ccc(F)c(F)c2)C1. The van der Waals surface area contributed by atoms with Crippen molar-refractivity contribution >= 4 is 11.9 Å². The molecule has 1 heterocycles. The Balaban J connectivity index is 1.84. The average Bonchev–Trinajstić information content (AvgIpc) is 3.08. The van der Waals surface area contributed by atoms with E-state index in [9.17, 15) is 13.6 Å². The molecule has 2 rings (SSSR count). The van der Waals surface area contributed by atoms with E-state index in [0.29, 0.717) is 25.5 Å². The third kappa shape index (κ3) is 5.14. The Morgan fingerprint density at radius 2 is 2.16 bits per heavy atom. The maximum atomic E-state index is 13.3. The minimum atomic E-state index is -0.839. The fraction of sp³-hybridized carbons (Fsp3) is 0.556. The van der Waals surface area contributed by atoms with Gasteiger partial charge in [-0.25, -0.2) is 8.78 Å². The topological polar surface area (TPSA) is 56.7 Å². The Morgan fingerprint density at radius 1 is 1.40 bits per heavy atom. The lowest BCUT2D eigenvalue weighted by Gasteiger charge is -2.20. The number of carbonyl (C=O) groups is 1. The number of guanidine groups is 1.